The van der Waals surface area contributed by atoms with E-state index in [1.165, 1.54) is 0 Å². The summed E-state index contributed by atoms with van der Waals surface area (Å²) in [6.07, 6.45) is 2.78. The second kappa shape index (κ2) is 10.7. The summed E-state index contributed by atoms with van der Waals surface area (Å²) in [6, 6.07) is 11.5. The van der Waals surface area contributed by atoms with Gasteiger partial charge in [0.05, 0.1) is 22.9 Å². The number of anilines is 2. The zero-order valence-corrected chi connectivity index (χ0v) is 21.0. The Bertz CT molecular complexity index is 987. The molecule has 0 saturated carbocycles. The molecule has 1 atom stereocenters. The van der Waals surface area contributed by atoms with E-state index < -0.39 is 0 Å². The van der Waals surface area contributed by atoms with Crippen LogP contribution in [0.4, 0.5) is 11.4 Å². The Hall–Kier alpha value is -1.66. The molecule has 1 amide bonds. The molecule has 2 aliphatic heterocycles. The van der Waals surface area contributed by atoms with Crippen molar-refractivity contribution in [1.29, 1.82) is 0 Å². The van der Waals surface area contributed by atoms with E-state index in [1.54, 1.807) is 6.07 Å². The van der Waals surface area contributed by atoms with Gasteiger partial charge in [0.25, 0.3) is 0 Å². The molecule has 0 radical (unpaired) electrons. The maximum Gasteiger partial charge on any atom is 0.225 e. The number of piperidine rings is 2. The smallest absolute Gasteiger partial charge is 0.225 e. The predicted molar refractivity (Wildman–Crippen MR) is 137 cm³/mol. The van der Waals surface area contributed by atoms with Crippen molar-refractivity contribution in [2.75, 3.05) is 36.4 Å². The van der Waals surface area contributed by atoms with Gasteiger partial charge < -0.3 is 20.2 Å². The lowest BCUT2D eigenvalue weighted by atomic mass is 9.93. The Morgan fingerprint density at radius 2 is 1.67 bits per heavy atom. The molecule has 2 fully saturated rings. The summed E-state index contributed by atoms with van der Waals surface area (Å²) < 4.78 is 0. The molecule has 4 rings (SSSR count). The third-order valence-electron chi connectivity index (χ3n) is 6.74. The highest BCUT2D eigenvalue weighted by Crippen LogP contribution is 2.34. The molecule has 0 bridgehead atoms. The topological polar surface area (TPSA) is 55.8 Å². The number of hydrogen-bond donors (Lipinski definition) is 2. The fourth-order valence-electron chi connectivity index (χ4n) is 4.71. The van der Waals surface area contributed by atoms with E-state index in [4.69, 9.17) is 34.8 Å². The van der Waals surface area contributed by atoms with Gasteiger partial charge in [-0.2, -0.15) is 0 Å². The maximum absolute atomic E-state index is 12.9. The number of nitrogens with one attached hydrogen (secondary N) is 1. The normalized spacial score (nSPS) is 18.9. The van der Waals surface area contributed by atoms with Crippen molar-refractivity contribution < 1.29 is 9.90 Å². The number of nitrogens with zero attached hydrogens (tertiary/aromatic N) is 2. The van der Waals surface area contributed by atoms with Gasteiger partial charge in [-0.1, -0.05) is 40.9 Å². The molecule has 5 nitrogen and oxygen atoms in total. The lowest BCUT2D eigenvalue weighted by molar-refractivity contribution is -0.138. The minimum absolute atomic E-state index is 0.0473. The number of likely N-dealkylation sites (tertiary alicyclic amines) is 1. The fraction of sp³-hybridized carbons (Fsp3) is 0.480. The van der Waals surface area contributed by atoms with Crippen molar-refractivity contribution in [2.45, 2.75) is 44.8 Å². The van der Waals surface area contributed by atoms with Crippen LogP contribution in [0.5, 0.6) is 0 Å². The lowest BCUT2D eigenvalue weighted by Gasteiger charge is -2.37. The molecule has 2 aromatic rings. The third-order valence-corrected chi connectivity index (χ3v) is 7.63. The van der Waals surface area contributed by atoms with Crippen LogP contribution < -0.4 is 10.2 Å². The summed E-state index contributed by atoms with van der Waals surface area (Å²) in [7, 11) is 0. The molecule has 0 aromatic heterocycles. The van der Waals surface area contributed by atoms with Gasteiger partial charge in [-0.25, -0.2) is 0 Å². The molecule has 178 valence electrons. The molecule has 2 saturated heterocycles. The molecule has 2 aliphatic rings. The first-order valence-corrected chi connectivity index (χ1v) is 12.7. The minimum atomic E-state index is -0.262. The van der Waals surface area contributed by atoms with Crippen molar-refractivity contribution in [1.82, 2.24) is 4.90 Å². The summed E-state index contributed by atoms with van der Waals surface area (Å²) in [5.74, 6) is 0.308. The van der Waals surface area contributed by atoms with E-state index in [1.807, 2.05) is 36.1 Å². The summed E-state index contributed by atoms with van der Waals surface area (Å²) >= 11 is 18.9. The van der Waals surface area contributed by atoms with Crippen LogP contribution in [0, 0.1) is 5.92 Å². The number of amides is 1. The maximum atomic E-state index is 12.9. The first-order valence-electron chi connectivity index (χ1n) is 11.5. The summed E-state index contributed by atoms with van der Waals surface area (Å²) in [5, 5.41) is 15.0. The Balaban J connectivity index is 1.38. The quantitative estimate of drug-likeness (QED) is 0.516. The van der Waals surface area contributed by atoms with Gasteiger partial charge in [0.15, 0.2) is 0 Å². The largest absolute Gasteiger partial charge is 0.393 e. The van der Waals surface area contributed by atoms with E-state index in [-0.39, 0.29) is 24.0 Å². The van der Waals surface area contributed by atoms with Gasteiger partial charge >= 0.3 is 0 Å². The minimum Gasteiger partial charge on any atom is -0.393 e. The number of carbonyl (C=O) groups is 1. The van der Waals surface area contributed by atoms with E-state index >= 15 is 0 Å². The number of aliphatic hydroxyl groups is 1. The van der Waals surface area contributed by atoms with Crippen LogP contribution in [0.25, 0.3) is 0 Å². The Labute approximate surface area is 210 Å². The highest BCUT2D eigenvalue weighted by atomic mass is 35.5. The number of carbonyl (C=O) groups excluding carboxylic acids is 1. The molecule has 2 aromatic carbocycles. The molecular formula is C25H30Cl3N3O2. The van der Waals surface area contributed by atoms with E-state index in [0.717, 1.165) is 42.9 Å². The first-order chi connectivity index (χ1) is 15.8. The van der Waals surface area contributed by atoms with Crippen molar-refractivity contribution in [3.63, 3.8) is 0 Å². The summed E-state index contributed by atoms with van der Waals surface area (Å²) in [5.41, 5.74) is 2.88. The van der Waals surface area contributed by atoms with Crippen LogP contribution in [-0.2, 0) is 4.79 Å². The molecular weight excluding hydrogens is 481 g/mol. The van der Waals surface area contributed by atoms with Gasteiger partial charge in [-0.3, -0.25) is 4.79 Å². The molecule has 0 spiro atoms. The highest BCUT2D eigenvalue weighted by Gasteiger charge is 2.30. The third kappa shape index (κ3) is 5.89. The highest BCUT2D eigenvalue weighted by molar-refractivity contribution is 6.35. The standard InChI is InChI=1S/C25H30Cl3N3O2/c1-16(21-4-2-18(26)14-23(21)28)29-24-15-19(3-5-22(24)27)30-10-6-17(7-11-30)25(33)31-12-8-20(32)9-13-31/h2-5,14-17,20,29,32H,6-13H2,1H3. The van der Waals surface area contributed by atoms with Crippen LogP contribution in [-0.4, -0.2) is 48.2 Å². The SMILES string of the molecule is CC(Nc1cc(N2CCC(C(=O)N3CCC(O)CC3)CC2)ccc1Cl)c1ccc(Cl)cc1Cl. The number of hydrogen-bond acceptors (Lipinski definition) is 4. The fourth-order valence-corrected chi connectivity index (χ4v) is 5.46. The van der Waals surface area contributed by atoms with Gasteiger partial charge in [-0.05, 0) is 68.5 Å². The molecule has 0 aliphatic carbocycles. The van der Waals surface area contributed by atoms with Crippen LogP contribution in [0.15, 0.2) is 36.4 Å². The van der Waals surface area contributed by atoms with Crippen LogP contribution in [0.3, 0.4) is 0 Å². The van der Waals surface area contributed by atoms with Gasteiger partial charge in [0, 0.05) is 47.8 Å². The van der Waals surface area contributed by atoms with E-state index in [2.05, 4.69) is 16.3 Å². The monoisotopic (exact) mass is 509 g/mol. The van der Waals surface area contributed by atoms with Gasteiger partial charge in [0.1, 0.15) is 0 Å². The molecule has 33 heavy (non-hydrogen) atoms. The Morgan fingerprint density at radius 3 is 2.33 bits per heavy atom. The van der Waals surface area contributed by atoms with Crippen LogP contribution >= 0.6 is 34.8 Å². The summed E-state index contributed by atoms with van der Waals surface area (Å²) in [6.45, 7) is 5.03. The predicted octanol–water partition coefficient (Wildman–Crippen LogP) is 6.02. The first kappa shape index (κ1) is 24.5. The van der Waals surface area contributed by atoms with Crippen LogP contribution in [0.1, 0.15) is 44.2 Å². The zero-order valence-electron chi connectivity index (χ0n) is 18.7. The summed E-state index contributed by atoms with van der Waals surface area (Å²) in [4.78, 5) is 17.1. The number of benzene rings is 2. The number of aliphatic hydroxyl groups excluding tert-OH is 1. The number of halogens is 3. The van der Waals surface area contributed by atoms with E-state index in [0.29, 0.717) is 41.0 Å². The zero-order chi connectivity index (χ0) is 23.5. The average Bonchev–Trinajstić information content (AvgIpc) is 2.80. The van der Waals surface area contributed by atoms with Crippen molar-refractivity contribution in [2.24, 2.45) is 5.92 Å². The molecule has 1 unspecified atom stereocenters. The Kier molecular flexibility index (Phi) is 7.95. The second-order valence-corrected chi connectivity index (χ2v) is 10.3. The Morgan fingerprint density at radius 1 is 0.970 bits per heavy atom. The van der Waals surface area contributed by atoms with Crippen molar-refractivity contribution in [3.8, 4) is 0 Å². The van der Waals surface area contributed by atoms with Gasteiger partial charge in [0.2, 0.25) is 5.91 Å². The van der Waals surface area contributed by atoms with Crippen molar-refractivity contribution in [3.05, 3.63) is 57.0 Å². The average molecular weight is 511 g/mol. The molecule has 8 heteroatoms. The van der Waals surface area contributed by atoms with Gasteiger partial charge in [-0.15, -0.1) is 0 Å². The molecule has 2 heterocycles. The van der Waals surface area contributed by atoms with Crippen LogP contribution in [0.2, 0.25) is 15.1 Å². The number of rotatable bonds is 5. The van der Waals surface area contributed by atoms with Crippen molar-refractivity contribution >= 4 is 52.1 Å². The lowest BCUT2D eigenvalue weighted by Crippen LogP contribution is -2.46. The van der Waals surface area contributed by atoms with E-state index in [9.17, 15) is 9.90 Å². The molecule has 2 N–H and O–H groups in total. The second-order valence-electron chi connectivity index (χ2n) is 9.01.